The fourth-order valence-corrected chi connectivity index (χ4v) is 1.94. The fourth-order valence-electron chi connectivity index (χ4n) is 1.94. The van der Waals surface area contributed by atoms with Crippen molar-refractivity contribution in [2.75, 3.05) is 7.11 Å². The Hall–Kier alpha value is -2.01. The first-order chi connectivity index (χ1) is 9.52. The molecule has 0 saturated carbocycles. The third-order valence-corrected chi connectivity index (χ3v) is 3.27. The first kappa shape index (κ1) is 14.4. The minimum absolute atomic E-state index is 0.0412. The van der Waals surface area contributed by atoms with Crippen molar-refractivity contribution >= 4 is 0 Å². The second kappa shape index (κ2) is 5.96. The van der Waals surface area contributed by atoms with Crippen molar-refractivity contribution in [3.05, 3.63) is 40.8 Å². The lowest BCUT2D eigenvalue weighted by molar-refractivity contribution is 0.281. The molecule has 2 N–H and O–H groups in total. The van der Waals surface area contributed by atoms with E-state index >= 15 is 0 Å². The van der Waals surface area contributed by atoms with Gasteiger partial charge in [0.2, 0.25) is 0 Å². The molecule has 20 heavy (non-hydrogen) atoms. The number of aryl methyl sites for hydroxylation is 2. The number of methoxy groups -OCH3 is 1. The average Bonchev–Trinajstić information content (AvgIpc) is 2.75. The SMILES string of the molecule is COc1cc(C(C)N)ccc1OCc1c(C)noc1C. The molecular weight excluding hydrogens is 256 g/mol. The smallest absolute Gasteiger partial charge is 0.161 e. The molecule has 1 unspecified atom stereocenters. The van der Waals surface area contributed by atoms with E-state index in [1.54, 1.807) is 7.11 Å². The molecule has 0 amide bonds. The Morgan fingerprint density at radius 3 is 2.60 bits per heavy atom. The maximum atomic E-state index is 5.86. The maximum Gasteiger partial charge on any atom is 0.161 e. The molecule has 0 aliphatic heterocycles. The van der Waals surface area contributed by atoms with Crippen LogP contribution in [0.15, 0.2) is 22.7 Å². The van der Waals surface area contributed by atoms with Crippen molar-refractivity contribution in [2.45, 2.75) is 33.4 Å². The van der Waals surface area contributed by atoms with Crippen molar-refractivity contribution in [3.63, 3.8) is 0 Å². The van der Waals surface area contributed by atoms with Crippen LogP contribution in [-0.2, 0) is 6.61 Å². The van der Waals surface area contributed by atoms with Gasteiger partial charge in [-0.1, -0.05) is 11.2 Å². The molecule has 2 aromatic rings. The van der Waals surface area contributed by atoms with Gasteiger partial charge in [0.1, 0.15) is 12.4 Å². The third kappa shape index (κ3) is 2.93. The number of hydrogen-bond acceptors (Lipinski definition) is 5. The summed E-state index contributed by atoms with van der Waals surface area (Å²) in [6.45, 7) is 6.09. The van der Waals surface area contributed by atoms with Crippen molar-refractivity contribution in [1.82, 2.24) is 5.16 Å². The Kier molecular flexibility index (Phi) is 4.29. The molecule has 0 radical (unpaired) electrons. The molecule has 1 atom stereocenters. The predicted octanol–water partition coefficient (Wildman–Crippen LogP) is 2.90. The molecule has 1 heterocycles. The van der Waals surface area contributed by atoms with Gasteiger partial charge < -0.3 is 19.7 Å². The molecule has 5 nitrogen and oxygen atoms in total. The fraction of sp³-hybridized carbons (Fsp3) is 0.400. The molecule has 1 aromatic carbocycles. The number of benzene rings is 1. The molecule has 0 spiro atoms. The van der Waals surface area contributed by atoms with E-state index in [2.05, 4.69) is 5.16 Å². The van der Waals surface area contributed by atoms with Gasteiger partial charge in [0.25, 0.3) is 0 Å². The van der Waals surface area contributed by atoms with Gasteiger partial charge >= 0.3 is 0 Å². The van der Waals surface area contributed by atoms with Crippen LogP contribution in [0.5, 0.6) is 11.5 Å². The minimum atomic E-state index is -0.0412. The number of aromatic nitrogens is 1. The quantitative estimate of drug-likeness (QED) is 0.909. The van der Waals surface area contributed by atoms with Crippen LogP contribution < -0.4 is 15.2 Å². The second-order valence-corrected chi connectivity index (χ2v) is 4.79. The third-order valence-electron chi connectivity index (χ3n) is 3.27. The lowest BCUT2D eigenvalue weighted by Crippen LogP contribution is -2.06. The molecule has 5 heteroatoms. The summed E-state index contributed by atoms with van der Waals surface area (Å²) in [6.07, 6.45) is 0. The Morgan fingerprint density at radius 1 is 1.30 bits per heavy atom. The van der Waals surface area contributed by atoms with Crippen LogP contribution in [0.25, 0.3) is 0 Å². The van der Waals surface area contributed by atoms with Crippen LogP contribution in [0, 0.1) is 13.8 Å². The zero-order chi connectivity index (χ0) is 14.7. The highest BCUT2D eigenvalue weighted by Gasteiger charge is 2.12. The van der Waals surface area contributed by atoms with Crippen LogP contribution in [-0.4, -0.2) is 12.3 Å². The normalized spacial score (nSPS) is 12.2. The summed E-state index contributed by atoms with van der Waals surface area (Å²) < 4.78 is 16.3. The maximum absolute atomic E-state index is 5.86. The first-order valence-electron chi connectivity index (χ1n) is 6.51. The summed E-state index contributed by atoms with van der Waals surface area (Å²) in [5.41, 5.74) is 8.67. The van der Waals surface area contributed by atoms with E-state index in [4.69, 9.17) is 19.7 Å². The van der Waals surface area contributed by atoms with Crippen LogP contribution in [0.1, 0.15) is 35.5 Å². The van der Waals surface area contributed by atoms with Gasteiger partial charge in [0, 0.05) is 6.04 Å². The molecule has 0 bridgehead atoms. The second-order valence-electron chi connectivity index (χ2n) is 4.79. The molecule has 2 rings (SSSR count). The molecule has 0 aliphatic rings. The van der Waals surface area contributed by atoms with E-state index in [1.165, 1.54) is 0 Å². The minimum Gasteiger partial charge on any atom is -0.493 e. The van der Waals surface area contributed by atoms with Gasteiger partial charge in [-0.15, -0.1) is 0 Å². The van der Waals surface area contributed by atoms with E-state index in [0.717, 1.165) is 22.6 Å². The number of hydrogen-bond donors (Lipinski definition) is 1. The number of rotatable bonds is 5. The molecule has 1 aromatic heterocycles. The Morgan fingerprint density at radius 2 is 2.05 bits per heavy atom. The molecule has 108 valence electrons. The summed E-state index contributed by atoms with van der Waals surface area (Å²) in [6, 6.07) is 5.67. The highest BCUT2D eigenvalue weighted by atomic mass is 16.5. The van der Waals surface area contributed by atoms with E-state index in [-0.39, 0.29) is 6.04 Å². The zero-order valence-electron chi connectivity index (χ0n) is 12.3. The van der Waals surface area contributed by atoms with Crippen LogP contribution in [0.2, 0.25) is 0 Å². The lowest BCUT2D eigenvalue weighted by Gasteiger charge is -2.13. The van der Waals surface area contributed by atoms with Crippen LogP contribution in [0.4, 0.5) is 0 Å². The average molecular weight is 276 g/mol. The summed E-state index contributed by atoms with van der Waals surface area (Å²) >= 11 is 0. The zero-order valence-corrected chi connectivity index (χ0v) is 12.3. The van der Waals surface area contributed by atoms with E-state index < -0.39 is 0 Å². The Labute approximate surface area is 118 Å². The summed E-state index contributed by atoms with van der Waals surface area (Å²) in [7, 11) is 1.61. The van der Waals surface area contributed by atoms with Gasteiger partial charge in [0.15, 0.2) is 11.5 Å². The Bertz CT molecular complexity index is 571. The number of nitrogens with two attached hydrogens (primary N) is 1. The van der Waals surface area contributed by atoms with Crippen LogP contribution in [0.3, 0.4) is 0 Å². The lowest BCUT2D eigenvalue weighted by atomic mass is 10.1. The van der Waals surface area contributed by atoms with Gasteiger partial charge in [-0.05, 0) is 38.5 Å². The topological polar surface area (TPSA) is 70.5 Å². The van der Waals surface area contributed by atoms with Gasteiger partial charge in [-0.2, -0.15) is 0 Å². The molecular formula is C15H20N2O3. The largest absolute Gasteiger partial charge is 0.493 e. The summed E-state index contributed by atoms with van der Waals surface area (Å²) in [5.74, 6) is 2.12. The highest BCUT2D eigenvalue weighted by Crippen LogP contribution is 2.30. The van der Waals surface area contributed by atoms with E-state index in [9.17, 15) is 0 Å². The number of ether oxygens (including phenoxy) is 2. The summed E-state index contributed by atoms with van der Waals surface area (Å²) in [5, 5.41) is 3.91. The van der Waals surface area contributed by atoms with Crippen molar-refractivity contribution in [1.29, 1.82) is 0 Å². The molecule has 0 aliphatic carbocycles. The van der Waals surface area contributed by atoms with Gasteiger partial charge in [-0.3, -0.25) is 0 Å². The van der Waals surface area contributed by atoms with E-state index in [1.807, 2.05) is 39.0 Å². The van der Waals surface area contributed by atoms with Gasteiger partial charge in [-0.25, -0.2) is 0 Å². The monoisotopic (exact) mass is 276 g/mol. The first-order valence-corrected chi connectivity index (χ1v) is 6.51. The number of nitrogens with zero attached hydrogens (tertiary/aromatic N) is 1. The summed E-state index contributed by atoms with van der Waals surface area (Å²) in [4.78, 5) is 0. The predicted molar refractivity (Wildman–Crippen MR) is 75.9 cm³/mol. The molecule has 0 saturated heterocycles. The van der Waals surface area contributed by atoms with Crippen molar-refractivity contribution in [2.24, 2.45) is 5.73 Å². The highest BCUT2D eigenvalue weighted by molar-refractivity contribution is 5.44. The standard InChI is InChI=1S/C15H20N2O3/c1-9(16)12-5-6-14(15(7-12)18-4)19-8-13-10(2)17-20-11(13)3/h5-7,9H,8,16H2,1-4H3. The Balaban J connectivity index is 2.17. The van der Waals surface area contributed by atoms with Crippen molar-refractivity contribution < 1.29 is 14.0 Å². The van der Waals surface area contributed by atoms with Gasteiger partial charge in [0.05, 0.1) is 18.4 Å². The van der Waals surface area contributed by atoms with Crippen LogP contribution >= 0.6 is 0 Å². The molecule has 0 fully saturated rings. The van der Waals surface area contributed by atoms with E-state index in [0.29, 0.717) is 18.1 Å². The van der Waals surface area contributed by atoms with Crippen molar-refractivity contribution in [3.8, 4) is 11.5 Å².